The van der Waals surface area contributed by atoms with Gasteiger partial charge in [-0.15, -0.1) is 10.2 Å². The highest BCUT2D eigenvalue weighted by Crippen LogP contribution is 2.10. The Morgan fingerprint density at radius 2 is 2.00 bits per heavy atom. The Balaban J connectivity index is 1.60. The van der Waals surface area contributed by atoms with Gasteiger partial charge in [-0.05, 0) is 32.9 Å². The van der Waals surface area contributed by atoms with Crippen LogP contribution in [-0.2, 0) is 21.3 Å². The van der Waals surface area contributed by atoms with Gasteiger partial charge < -0.3 is 15.0 Å². The van der Waals surface area contributed by atoms with Gasteiger partial charge in [-0.2, -0.15) is 4.31 Å². The van der Waals surface area contributed by atoms with Crippen molar-refractivity contribution in [3.8, 4) is 0 Å². The lowest BCUT2D eigenvalue weighted by Crippen LogP contribution is -2.54. The van der Waals surface area contributed by atoms with Gasteiger partial charge in [0.05, 0.1) is 18.5 Å². The molecule has 0 aromatic carbocycles. The normalized spacial score (nSPS) is 16.5. The Morgan fingerprint density at radius 1 is 1.23 bits per heavy atom. The monoisotopic (exact) mass is 437 g/mol. The van der Waals surface area contributed by atoms with Crippen LogP contribution in [0.15, 0.2) is 29.4 Å². The maximum Gasteiger partial charge on any atom is 0.216 e. The van der Waals surface area contributed by atoms with Gasteiger partial charge >= 0.3 is 0 Å². The van der Waals surface area contributed by atoms with Gasteiger partial charge in [-0.25, -0.2) is 13.4 Å². The molecule has 0 unspecified atom stereocenters. The standard InChI is InChI=1S/C19H31N7O3S/c1-4-20-19(21-15-18-23-22-17-7-5-6-8-26(17)18)24-9-11-25(12-10-24)30(27,28)14-13-29-16(2)3/h5-8,16H,4,9-15H2,1-3H3,(H,20,21). The molecule has 11 heteroatoms. The van der Waals surface area contributed by atoms with Crippen LogP contribution in [0.25, 0.3) is 5.65 Å². The first-order chi connectivity index (χ1) is 14.4. The fourth-order valence-electron chi connectivity index (χ4n) is 3.27. The van der Waals surface area contributed by atoms with Crippen LogP contribution in [0.4, 0.5) is 0 Å². The summed E-state index contributed by atoms with van der Waals surface area (Å²) in [5, 5.41) is 11.7. The number of nitrogens with zero attached hydrogens (tertiary/aromatic N) is 6. The average molecular weight is 438 g/mol. The first kappa shape index (κ1) is 22.4. The van der Waals surface area contributed by atoms with Crippen molar-refractivity contribution < 1.29 is 13.2 Å². The van der Waals surface area contributed by atoms with E-state index in [1.54, 1.807) is 4.31 Å². The van der Waals surface area contributed by atoms with Crippen molar-refractivity contribution in [2.24, 2.45) is 4.99 Å². The van der Waals surface area contributed by atoms with Crippen molar-refractivity contribution >= 4 is 21.6 Å². The first-order valence-corrected chi connectivity index (χ1v) is 11.9. The van der Waals surface area contributed by atoms with Gasteiger partial charge in [-0.3, -0.25) is 4.40 Å². The first-order valence-electron chi connectivity index (χ1n) is 10.3. The predicted octanol–water partition coefficient (Wildman–Crippen LogP) is 0.567. The van der Waals surface area contributed by atoms with E-state index in [0.717, 1.165) is 24.0 Å². The summed E-state index contributed by atoms with van der Waals surface area (Å²) in [4.78, 5) is 6.79. The van der Waals surface area contributed by atoms with E-state index < -0.39 is 10.0 Å². The van der Waals surface area contributed by atoms with Gasteiger partial charge in [0.1, 0.15) is 6.54 Å². The van der Waals surface area contributed by atoms with E-state index in [9.17, 15) is 8.42 Å². The van der Waals surface area contributed by atoms with Crippen molar-refractivity contribution in [1.82, 2.24) is 29.1 Å². The van der Waals surface area contributed by atoms with Crippen LogP contribution in [0.3, 0.4) is 0 Å². The number of ether oxygens (including phenoxy) is 1. The Morgan fingerprint density at radius 3 is 2.70 bits per heavy atom. The molecule has 1 aliphatic heterocycles. The van der Waals surface area contributed by atoms with Crippen molar-refractivity contribution in [1.29, 1.82) is 0 Å². The maximum atomic E-state index is 12.5. The summed E-state index contributed by atoms with van der Waals surface area (Å²) < 4.78 is 33.9. The molecule has 1 saturated heterocycles. The van der Waals surface area contributed by atoms with E-state index in [1.807, 2.05) is 49.6 Å². The van der Waals surface area contributed by atoms with E-state index in [1.165, 1.54) is 0 Å². The molecule has 0 saturated carbocycles. The number of aliphatic imine (C=N–C) groups is 1. The van der Waals surface area contributed by atoms with Crippen LogP contribution in [0.1, 0.15) is 26.6 Å². The third-order valence-electron chi connectivity index (χ3n) is 4.81. The topological polar surface area (TPSA) is 104 Å². The Labute approximate surface area is 178 Å². The number of sulfonamides is 1. The van der Waals surface area contributed by atoms with E-state index >= 15 is 0 Å². The van der Waals surface area contributed by atoms with Gasteiger partial charge in [0, 0.05) is 38.9 Å². The fraction of sp³-hybridized carbons (Fsp3) is 0.632. The van der Waals surface area contributed by atoms with Crippen molar-refractivity contribution in [3.63, 3.8) is 0 Å². The highest BCUT2D eigenvalue weighted by atomic mass is 32.2. The quantitative estimate of drug-likeness (QED) is 0.475. The lowest BCUT2D eigenvalue weighted by molar-refractivity contribution is 0.0904. The van der Waals surface area contributed by atoms with Gasteiger partial charge in [0.25, 0.3) is 0 Å². The molecule has 0 atom stereocenters. The van der Waals surface area contributed by atoms with Crippen molar-refractivity contribution in [2.45, 2.75) is 33.4 Å². The van der Waals surface area contributed by atoms with Gasteiger partial charge in [0.2, 0.25) is 10.0 Å². The largest absolute Gasteiger partial charge is 0.378 e. The molecule has 2 aromatic rings. The van der Waals surface area contributed by atoms with Crippen LogP contribution in [-0.4, -0.2) is 89.4 Å². The van der Waals surface area contributed by atoms with Crippen molar-refractivity contribution in [3.05, 3.63) is 30.2 Å². The van der Waals surface area contributed by atoms with Crippen LogP contribution in [0, 0.1) is 0 Å². The number of aromatic nitrogens is 3. The third-order valence-corrected chi connectivity index (χ3v) is 6.65. The molecule has 3 rings (SSSR count). The van der Waals surface area contributed by atoms with E-state index in [-0.39, 0.29) is 18.5 Å². The van der Waals surface area contributed by atoms with Crippen LogP contribution >= 0.6 is 0 Å². The van der Waals surface area contributed by atoms with Crippen LogP contribution in [0.2, 0.25) is 0 Å². The minimum atomic E-state index is -3.31. The molecule has 3 heterocycles. The number of hydrogen-bond acceptors (Lipinski definition) is 6. The molecular weight excluding hydrogens is 406 g/mol. The summed E-state index contributed by atoms with van der Waals surface area (Å²) in [6.07, 6.45) is 1.94. The lowest BCUT2D eigenvalue weighted by Gasteiger charge is -2.35. The number of rotatable bonds is 8. The number of fused-ring (bicyclic) bond motifs is 1. The second kappa shape index (κ2) is 10.2. The predicted molar refractivity (Wildman–Crippen MR) is 116 cm³/mol. The molecule has 1 N–H and O–H groups in total. The third kappa shape index (κ3) is 5.67. The minimum Gasteiger partial charge on any atom is -0.378 e. The van der Waals surface area contributed by atoms with E-state index in [4.69, 9.17) is 9.73 Å². The summed E-state index contributed by atoms with van der Waals surface area (Å²) in [6, 6.07) is 5.75. The van der Waals surface area contributed by atoms with Crippen LogP contribution in [0.5, 0.6) is 0 Å². The Kier molecular flexibility index (Phi) is 7.62. The van der Waals surface area contributed by atoms with Gasteiger partial charge in [-0.1, -0.05) is 6.07 Å². The number of nitrogens with one attached hydrogen (secondary N) is 1. The zero-order chi connectivity index (χ0) is 21.6. The molecule has 1 fully saturated rings. The smallest absolute Gasteiger partial charge is 0.216 e. The molecule has 0 radical (unpaired) electrons. The molecule has 10 nitrogen and oxygen atoms in total. The number of pyridine rings is 1. The number of piperazine rings is 1. The molecular formula is C19H31N7O3S. The molecule has 0 spiro atoms. The SMILES string of the molecule is CCNC(=NCc1nnc2ccccn12)N1CCN(S(=O)(=O)CCOC(C)C)CC1. The molecule has 0 bridgehead atoms. The molecule has 2 aromatic heterocycles. The lowest BCUT2D eigenvalue weighted by atomic mass is 10.4. The molecule has 1 aliphatic rings. The maximum absolute atomic E-state index is 12.5. The molecule has 0 amide bonds. The summed E-state index contributed by atoms with van der Waals surface area (Å²) in [5.74, 6) is 1.52. The highest BCUT2D eigenvalue weighted by molar-refractivity contribution is 7.89. The second-order valence-electron chi connectivity index (χ2n) is 7.34. The van der Waals surface area contributed by atoms with Gasteiger partial charge in [0.15, 0.2) is 17.4 Å². The Hall–Kier alpha value is -2.24. The zero-order valence-corrected chi connectivity index (χ0v) is 18.7. The number of guanidine groups is 1. The van der Waals surface area contributed by atoms with Crippen LogP contribution < -0.4 is 5.32 Å². The Bertz CT molecular complexity index is 950. The minimum absolute atomic E-state index is 0.0132. The fourth-order valence-corrected chi connectivity index (χ4v) is 4.55. The average Bonchev–Trinajstić information content (AvgIpc) is 3.14. The summed E-state index contributed by atoms with van der Waals surface area (Å²) in [7, 11) is -3.31. The summed E-state index contributed by atoms with van der Waals surface area (Å²) in [6.45, 7) is 9.17. The molecule has 0 aliphatic carbocycles. The zero-order valence-electron chi connectivity index (χ0n) is 17.9. The molecule has 30 heavy (non-hydrogen) atoms. The van der Waals surface area contributed by atoms with E-state index in [2.05, 4.69) is 20.4 Å². The summed E-state index contributed by atoms with van der Waals surface area (Å²) in [5.41, 5.74) is 0.785. The second-order valence-corrected chi connectivity index (χ2v) is 9.43. The van der Waals surface area contributed by atoms with Crippen molar-refractivity contribution in [2.75, 3.05) is 45.1 Å². The number of hydrogen-bond donors (Lipinski definition) is 1. The highest BCUT2D eigenvalue weighted by Gasteiger charge is 2.28. The van der Waals surface area contributed by atoms with E-state index in [0.29, 0.717) is 32.7 Å². The summed E-state index contributed by atoms with van der Waals surface area (Å²) >= 11 is 0. The molecule has 166 valence electrons.